The molecule has 6 heteroatoms. The van der Waals surface area contributed by atoms with E-state index in [2.05, 4.69) is 27.8 Å². The number of carbonyl (C=O) groups excluding carboxylic acids is 1. The minimum atomic E-state index is -0.233. The Bertz CT molecular complexity index is 862. The first-order valence-electron chi connectivity index (χ1n) is 8.20. The lowest BCUT2D eigenvalue weighted by atomic mass is 10.1. The maximum absolute atomic E-state index is 12.1. The highest BCUT2D eigenvalue weighted by Crippen LogP contribution is 2.34. The van der Waals surface area contributed by atoms with Gasteiger partial charge in [-0.3, -0.25) is 5.32 Å². The first-order chi connectivity index (χ1) is 12.2. The summed E-state index contributed by atoms with van der Waals surface area (Å²) >= 11 is 1.45. The van der Waals surface area contributed by atoms with Crippen molar-refractivity contribution in [1.29, 1.82) is 0 Å². The summed E-state index contributed by atoms with van der Waals surface area (Å²) in [5.74, 6) is 0.716. The average molecular weight is 355 g/mol. The Morgan fingerprint density at radius 2 is 2.00 bits per heavy atom. The molecule has 3 rings (SSSR count). The van der Waals surface area contributed by atoms with E-state index in [9.17, 15) is 4.79 Å². The number of anilines is 1. The van der Waals surface area contributed by atoms with Crippen molar-refractivity contribution in [3.63, 3.8) is 0 Å². The molecule has 0 saturated heterocycles. The van der Waals surface area contributed by atoms with E-state index in [1.807, 2.05) is 37.3 Å². The van der Waals surface area contributed by atoms with Gasteiger partial charge in [-0.05, 0) is 37.0 Å². The van der Waals surface area contributed by atoms with Crippen LogP contribution in [0.1, 0.15) is 17.5 Å². The molecule has 0 aliphatic carbocycles. The van der Waals surface area contributed by atoms with Gasteiger partial charge in [0.1, 0.15) is 11.3 Å². The summed E-state index contributed by atoms with van der Waals surface area (Å²) in [5, 5.41) is 6.26. The fourth-order valence-corrected chi connectivity index (χ4v) is 3.55. The summed E-state index contributed by atoms with van der Waals surface area (Å²) in [4.78, 5) is 16.5. The quantitative estimate of drug-likeness (QED) is 0.646. The van der Waals surface area contributed by atoms with Crippen LogP contribution < -0.4 is 15.4 Å². The van der Waals surface area contributed by atoms with Gasteiger partial charge >= 0.3 is 6.03 Å². The van der Waals surface area contributed by atoms with Gasteiger partial charge in [-0.2, -0.15) is 0 Å². The topological polar surface area (TPSA) is 63.2 Å². The average Bonchev–Trinajstić information content (AvgIpc) is 3.04. The molecular formula is C19H21N3O2S. The minimum Gasteiger partial charge on any atom is -0.494 e. The molecule has 0 radical (unpaired) electrons. The van der Waals surface area contributed by atoms with Gasteiger partial charge in [0, 0.05) is 6.54 Å². The lowest BCUT2D eigenvalue weighted by Crippen LogP contribution is -2.29. The number of hydrogen-bond acceptors (Lipinski definition) is 4. The van der Waals surface area contributed by atoms with Gasteiger partial charge in [-0.25, -0.2) is 9.78 Å². The summed E-state index contributed by atoms with van der Waals surface area (Å²) in [5.41, 5.74) is 3.18. The molecule has 1 aromatic heterocycles. The van der Waals surface area contributed by atoms with Crippen LogP contribution in [-0.4, -0.2) is 24.7 Å². The summed E-state index contributed by atoms with van der Waals surface area (Å²) < 4.78 is 6.36. The van der Waals surface area contributed by atoms with Crippen LogP contribution in [0.3, 0.4) is 0 Å². The lowest BCUT2D eigenvalue weighted by molar-refractivity contribution is 0.252. The van der Waals surface area contributed by atoms with Gasteiger partial charge in [0.15, 0.2) is 5.13 Å². The van der Waals surface area contributed by atoms with Crippen molar-refractivity contribution in [3.05, 3.63) is 53.6 Å². The van der Waals surface area contributed by atoms with Crippen LogP contribution in [0, 0.1) is 6.92 Å². The number of aryl methyl sites for hydroxylation is 2. The van der Waals surface area contributed by atoms with Gasteiger partial charge in [0.2, 0.25) is 0 Å². The number of urea groups is 1. The van der Waals surface area contributed by atoms with E-state index in [1.54, 1.807) is 7.11 Å². The Morgan fingerprint density at radius 3 is 2.76 bits per heavy atom. The molecule has 0 spiro atoms. The number of ether oxygens (including phenoxy) is 1. The summed E-state index contributed by atoms with van der Waals surface area (Å²) in [6.45, 7) is 2.64. The SMILES string of the molecule is COc1ccc(C)c2sc(NC(=O)NCCCc3ccccc3)nc12. The van der Waals surface area contributed by atoms with Crippen LogP contribution in [0.5, 0.6) is 5.75 Å². The molecule has 0 saturated carbocycles. The summed E-state index contributed by atoms with van der Waals surface area (Å²) in [6, 6.07) is 13.9. The number of nitrogens with one attached hydrogen (secondary N) is 2. The zero-order chi connectivity index (χ0) is 17.6. The van der Waals surface area contributed by atoms with Gasteiger partial charge < -0.3 is 10.1 Å². The van der Waals surface area contributed by atoms with Crippen LogP contribution in [0.15, 0.2) is 42.5 Å². The van der Waals surface area contributed by atoms with Gasteiger partial charge in [0.05, 0.1) is 11.8 Å². The molecule has 0 aliphatic heterocycles. The van der Waals surface area contributed by atoms with E-state index in [-0.39, 0.29) is 6.03 Å². The number of aromatic nitrogens is 1. The number of rotatable bonds is 6. The predicted molar refractivity (Wildman–Crippen MR) is 103 cm³/mol. The van der Waals surface area contributed by atoms with Gasteiger partial charge in [-0.15, -0.1) is 0 Å². The third kappa shape index (κ3) is 4.28. The maximum Gasteiger partial charge on any atom is 0.321 e. The van der Waals surface area contributed by atoms with E-state index in [0.717, 1.165) is 28.6 Å². The number of methoxy groups -OCH3 is 1. The second-order valence-electron chi connectivity index (χ2n) is 5.75. The van der Waals surface area contributed by atoms with E-state index < -0.39 is 0 Å². The highest BCUT2D eigenvalue weighted by atomic mass is 32.1. The zero-order valence-corrected chi connectivity index (χ0v) is 15.2. The molecule has 130 valence electrons. The van der Waals surface area contributed by atoms with Crippen molar-refractivity contribution in [2.24, 2.45) is 0 Å². The Balaban J connectivity index is 1.54. The molecule has 2 N–H and O–H groups in total. The molecule has 2 amide bonds. The first-order valence-corrected chi connectivity index (χ1v) is 9.02. The normalized spacial score (nSPS) is 10.6. The van der Waals surface area contributed by atoms with Crippen molar-refractivity contribution in [2.75, 3.05) is 19.0 Å². The predicted octanol–water partition coefficient (Wildman–Crippen LogP) is 4.37. The van der Waals surface area contributed by atoms with Crippen LogP contribution in [-0.2, 0) is 6.42 Å². The first kappa shape index (κ1) is 17.2. The molecule has 2 aromatic carbocycles. The molecule has 0 aliphatic rings. The Morgan fingerprint density at radius 1 is 1.20 bits per heavy atom. The Kier molecular flexibility index (Phi) is 5.50. The van der Waals surface area contributed by atoms with Crippen LogP contribution >= 0.6 is 11.3 Å². The fraction of sp³-hybridized carbons (Fsp3) is 0.263. The van der Waals surface area contributed by atoms with Crippen molar-refractivity contribution in [2.45, 2.75) is 19.8 Å². The van der Waals surface area contributed by atoms with Gasteiger partial charge in [0.25, 0.3) is 0 Å². The zero-order valence-electron chi connectivity index (χ0n) is 14.3. The van der Waals surface area contributed by atoms with E-state index in [4.69, 9.17) is 4.74 Å². The lowest BCUT2D eigenvalue weighted by Gasteiger charge is -2.05. The molecule has 0 atom stereocenters. The minimum absolute atomic E-state index is 0.233. The van der Waals surface area contributed by atoms with E-state index in [1.165, 1.54) is 16.9 Å². The standard InChI is InChI=1S/C19H21N3O2S/c1-13-10-11-15(24-2)16-17(13)25-19(21-16)22-18(23)20-12-6-9-14-7-4-3-5-8-14/h3-5,7-8,10-11H,6,9,12H2,1-2H3,(H2,20,21,22,23). The Labute approximate surface area is 151 Å². The molecule has 25 heavy (non-hydrogen) atoms. The highest BCUT2D eigenvalue weighted by molar-refractivity contribution is 7.22. The molecule has 0 bridgehead atoms. The third-order valence-electron chi connectivity index (χ3n) is 3.91. The number of benzene rings is 2. The number of thiazole rings is 1. The second-order valence-corrected chi connectivity index (χ2v) is 6.75. The summed E-state index contributed by atoms with van der Waals surface area (Å²) in [6.07, 6.45) is 1.84. The number of amides is 2. The molecular weight excluding hydrogens is 334 g/mol. The van der Waals surface area contributed by atoms with Crippen molar-refractivity contribution in [1.82, 2.24) is 10.3 Å². The second kappa shape index (κ2) is 7.98. The number of fused-ring (bicyclic) bond motifs is 1. The van der Waals surface area contributed by atoms with Crippen molar-refractivity contribution < 1.29 is 9.53 Å². The monoisotopic (exact) mass is 355 g/mol. The smallest absolute Gasteiger partial charge is 0.321 e. The van der Waals surface area contributed by atoms with E-state index >= 15 is 0 Å². The van der Waals surface area contributed by atoms with Crippen LogP contribution in [0.2, 0.25) is 0 Å². The fourth-order valence-electron chi connectivity index (χ4n) is 2.61. The number of carbonyl (C=O) groups is 1. The van der Waals surface area contributed by atoms with E-state index in [0.29, 0.717) is 17.4 Å². The summed E-state index contributed by atoms with van der Waals surface area (Å²) in [7, 11) is 1.62. The molecule has 0 fully saturated rings. The number of nitrogens with zero attached hydrogens (tertiary/aromatic N) is 1. The molecule has 5 nitrogen and oxygen atoms in total. The third-order valence-corrected chi connectivity index (χ3v) is 5.02. The van der Waals surface area contributed by atoms with Crippen LogP contribution in [0.4, 0.5) is 9.93 Å². The molecule has 1 heterocycles. The highest BCUT2D eigenvalue weighted by Gasteiger charge is 2.12. The van der Waals surface area contributed by atoms with Crippen LogP contribution in [0.25, 0.3) is 10.2 Å². The molecule has 0 unspecified atom stereocenters. The van der Waals surface area contributed by atoms with Crippen molar-refractivity contribution >= 4 is 32.7 Å². The number of hydrogen-bond donors (Lipinski definition) is 2. The Hall–Kier alpha value is -2.60. The maximum atomic E-state index is 12.1. The molecule has 3 aromatic rings. The van der Waals surface area contributed by atoms with Gasteiger partial charge in [-0.1, -0.05) is 47.7 Å². The van der Waals surface area contributed by atoms with Crippen molar-refractivity contribution in [3.8, 4) is 5.75 Å². The largest absolute Gasteiger partial charge is 0.494 e.